The van der Waals surface area contributed by atoms with Crippen molar-refractivity contribution in [3.63, 3.8) is 0 Å². The summed E-state index contributed by atoms with van der Waals surface area (Å²) < 4.78 is 7.56. The summed E-state index contributed by atoms with van der Waals surface area (Å²) in [7, 11) is 3.91. The Morgan fingerprint density at radius 1 is 1.42 bits per heavy atom. The van der Waals surface area contributed by atoms with Crippen LogP contribution in [0, 0.1) is 0 Å². The van der Waals surface area contributed by atoms with Crippen molar-refractivity contribution in [3.8, 4) is 0 Å². The van der Waals surface area contributed by atoms with Crippen molar-refractivity contribution >= 4 is 17.3 Å². The van der Waals surface area contributed by atoms with E-state index in [1.807, 2.05) is 54.1 Å². The molecule has 1 aliphatic rings. The van der Waals surface area contributed by atoms with Crippen molar-refractivity contribution in [1.82, 2.24) is 9.78 Å². The lowest BCUT2D eigenvalue weighted by molar-refractivity contribution is 0.00401. The predicted molar refractivity (Wildman–Crippen MR) is 94.5 cm³/mol. The number of nitrogens with zero attached hydrogens (tertiary/aromatic N) is 3. The molecule has 0 aliphatic carbocycles. The van der Waals surface area contributed by atoms with Crippen LogP contribution in [0.5, 0.6) is 0 Å². The molecule has 1 fully saturated rings. The number of nitrogens with one attached hydrogen (secondary N) is 1. The standard InChI is InChI=1S/C18H24N4O2/c1-21(2)16-7-5-6-14(10-16)18(23)20-15-11-19-22(12-15)13-17-8-3-4-9-24-17/h5-7,10-12,17H,3-4,8-9,13H2,1-2H3,(H,20,23)/t17-/m0/s1. The van der Waals surface area contributed by atoms with Gasteiger partial charge in [0, 0.05) is 38.1 Å². The van der Waals surface area contributed by atoms with Crippen LogP contribution in [0.15, 0.2) is 36.7 Å². The minimum absolute atomic E-state index is 0.132. The molecule has 1 saturated heterocycles. The highest BCUT2D eigenvalue weighted by Gasteiger charge is 2.15. The summed E-state index contributed by atoms with van der Waals surface area (Å²) in [6.45, 7) is 1.56. The minimum Gasteiger partial charge on any atom is -0.378 e. The van der Waals surface area contributed by atoms with E-state index < -0.39 is 0 Å². The van der Waals surface area contributed by atoms with Gasteiger partial charge in [-0.05, 0) is 37.5 Å². The summed E-state index contributed by atoms with van der Waals surface area (Å²) in [6, 6.07) is 7.53. The van der Waals surface area contributed by atoms with Gasteiger partial charge in [0.25, 0.3) is 5.91 Å². The van der Waals surface area contributed by atoms with E-state index in [9.17, 15) is 4.79 Å². The third kappa shape index (κ3) is 4.14. The first-order valence-electron chi connectivity index (χ1n) is 8.34. The maximum absolute atomic E-state index is 12.4. The van der Waals surface area contributed by atoms with E-state index in [4.69, 9.17) is 4.74 Å². The van der Waals surface area contributed by atoms with Gasteiger partial charge in [0.05, 0.1) is 24.5 Å². The average molecular weight is 328 g/mol. The van der Waals surface area contributed by atoms with E-state index in [1.54, 1.807) is 6.20 Å². The fraction of sp³-hybridized carbons (Fsp3) is 0.444. The first-order chi connectivity index (χ1) is 11.6. The molecule has 2 heterocycles. The van der Waals surface area contributed by atoms with Crippen LogP contribution in [0.1, 0.15) is 29.6 Å². The molecule has 24 heavy (non-hydrogen) atoms. The number of anilines is 2. The van der Waals surface area contributed by atoms with Crippen LogP contribution >= 0.6 is 0 Å². The van der Waals surface area contributed by atoms with E-state index in [1.165, 1.54) is 6.42 Å². The summed E-state index contributed by atoms with van der Waals surface area (Å²) >= 11 is 0. The van der Waals surface area contributed by atoms with Crippen molar-refractivity contribution in [3.05, 3.63) is 42.2 Å². The summed E-state index contributed by atoms with van der Waals surface area (Å²) in [4.78, 5) is 14.4. The molecular weight excluding hydrogens is 304 g/mol. The first kappa shape index (κ1) is 16.5. The summed E-state index contributed by atoms with van der Waals surface area (Å²) in [5.41, 5.74) is 2.32. The number of aromatic nitrogens is 2. The van der Waals surface area contributed by atoms with Crippen molar-refractivity contribution in [1.29, 1.82) is 0 Å². The first-order valence-corrected chi connectivity index (χ1v) is 8.34. The Balaban J connectivity index is 1.61. The van der Waals surface area contributed by atoms with Crippen LogP contribution < -0.4 is 10.2 Å². The Morgan fingerprint density at radius 2 is 2.29 bits per heavy atom. The topological polar surface area (TPSA) is 59.4 Å². The van der Waals surface area contributed by atoms with Crippen molar-refractivity contribution in [2.24, 2.45) is 0 Å². The molecular formula is C18H24N4O2. The molecule has 1 amide bonds. The van der Waals surface area contributed by atoms with Gasteiger partial charge in [-0.25, -0.2) is 0 Å². The van der Waals surface area contributed by atoms with Crippen molar-refractivity contribution in [2.75, 3.05) is 30.9 Å². The SMILES string of the molecule is CN(C)c1cccc(C(=O)Nc2cnn(C[C@@H]3CCCCO3)c2)c1. The number of carbonyl (C=O) groups is 1. The largest absolute Gasteiger partial charge is 0.378 e. The average Bonchev–Trinajstić information content (AvgIpc) is 3.02. The molecule has 1 aliphatic heterocycles. The number of rotatable bonds is 5. The number of hydrogen-bond acceptors (Lipinski definition) is 4. The quantitative estimate of drug-likeness (QED) is 0.917. The molecule has 6 heteroatoms. The van der Waals surface area contributed by atoms with Gasteiger partial charge in [0.2, 0.25) is 0 Å². The van der Waals surface area contributed by atoms with Gasteiger partial charge in [-0.2, -0.15) is 5.10 Å². The third-order valence-electron chi connectivity index (χ3n) is 4.18. The summed E-state index contributed by atoms with van der Waals surface area (Å²) in [6.07, 6.45) is 7.17. The molecule has 128 valence electrons. The van der Waals surface area contributed by atoms with Gasteiger partial charge in [-0.3, -0.25) is 9.48 Å². The molecule has 2 aromatic rings. The third-order valence-corrected chi connectivity index (χ3v) is 4.18. The van der Waals surface area contributed by atoms with E-state index in [0.29, 0.717) is 11.3 Å². The zero-order valence-corrected chi connectivity index (χ0v) is 14.2. The lowest BCUT2D eigenvalue weighted by Crippen LogP contribution is -2.24. The van der Waals surface area contributed by atoms with E-state index >= 15 is 0 Å². The highest BCUT2D eigenvalue weighted by molar-refractivity contribution is 6.04. The zero-order valence-electron chi connectivity index (χ0n) is 14.2. The van der Waals surface area contributed by atoms with Crippen LogP contribution in [-0.2, 0) is 11.3 Å². The highest BCUT2D eigenvalue weighted by atomic mass is 16.5. The number of hydrogen-bond donors (Lipinski definition) is 1. The van der Waals surface area contributed by atoms with Gasteiger partial charge < -0.3 is 15.0 Å². The Kier molecular flexibility index (Phi) is 5.15. The zero-order chi connectivity index (χ0) is 16.9. The highest BCUT2D eigenvalue weighted by Crippen LogP contribution is 2.17. The van der Waals surface area contributed by atoms with Gasteiger partial charge in [0.15, 0.2) is 0 Å². The molecule has 1 aromatic heterocycles. The van der Waals surface area contributed by atoms with Gasteiger partial charge in [-0.15, -0.1) is 0 Å². The molecule has 1 N–H and O–H groups in total. The van der Waals surface area contributed by atoms with Crippen molar-refractivity contribution < 1.29 is 9.53 Å². The molecule has 0 saturated carbocycles. The number of amides is 1. The van der Waals surface area contributed by atoms with Crippen LogP contribution in [-0.4, -0.2) is 42.5 Å². The molecule has 0 bridgehead atoms. The Morgan fingerprint density at radius 3 is 3.04 bits per heavy atom. The van der Waals surface area contributed by atoms with Crippen LogP contribution in [0.25, 0.3) is 0 Å². The van der Waals surface area contributed by atoms with Gasteiger partial charge >= 0.3 is 0 Å². The molecule has 1 atom stereocenters. The maximum Gasteiger partial charge on any atom is 0.255 e. The second kappa shape index (κ2) is 7.49. The molecule has 0 spiro atoms. The lowest BCUT2D eigenvalue weighted by atomic mass is 10.1. The fourth-order valence-corrected chi connectivity index (χ4v) is 2.82. The monoisotopic (exact) mass is 328 g/mol. The van der Waals surface area contributed by atoms with Crippen LogP contribution in [0.3, 0.4) is 0 Å². The van der Waals surface area contributed by atoms with E-state index in [0.717, 1.165) is 31.7 Å². The second-order valence-corrected chi connectivity index (χ2v) is 6.34. The van der Waals surface area contributed by atoms with Crippen LogP contribution in [0.2, 0.25) is 0 Å². The Bertz CT molecular complexity index is 690. The van der Waals surface area contributed by atoms with E-state index in [2.05, 4.69) is 10.4 Å². The fourth-order valence-electron chi connectivity index (χ4n) is 2.82. The number of carbonyl (C=O) groups excluding carboxylic acids is 1. The van der Waals surface area contributed by atoms with Gasteiger partial charge in [-0.1, -0.05) is 6.07 Å². The van der Waals surface area contributed by atoms with E-state index in [-0.39, 0.29) is 12.0 Å². The molecule has 3 rings (SSSR count). The molecule has 6 nitrogen and oxygen atoms in total. The normalized spacial score (nSPS) is 17.5. The number of ether oxygens (including phenoxy) is 1. The smallest absolute Gasteiger partial charge is 0.255 e. The Hall–Kier alpha value is -2.34. The number of benzene rings is 1. The van der Waals surface area contributed by atoms with Crippen molar-refractivity contribution in [2.45, 2.75) is 31.9 Å². The minimum atomic E-state index is -0.132. The molecule has 0 radical (unpaired) electrons. The van der Waals surface area contributed by atoms with Gasteiger partial charge in [0.1, 0.15) is 0 Å². The summed E-state index contributed by atoms with van der Waals surface area (Å²) in [5.74, 6) is -0.132. The van der Waals surface area contributed by atoms with Crippen LogP contribution in [0.4, 0.5) is 11.4 Å². The predicted octanol–water partition coefficient (Wildman–Crippen LogP) is 2.77. The molecule has 0 unspecified atom stereocenters. The second-order valence-electron chi connectivity index (χ2n) is 6.34. The summed E-state index contributed by atoms with van der Waals surface area (Å²) in [5, 5.41) is 7.22. The molecule has 1 aromatic carbocycles. The lowest BCUT2D eigenvalue weighted by Gasteiger charge is -2.22. The Labute approximate surface area is 142 Å². The maximum atomic E-state index is 12.4.